The van der Waals surface area contributed by atoms with Gasteiger partial charge in [-0.3, -0.25) is 4.79 Å². The predicted molar refractivity (Wildman–Crippen MR) is 109 cm³/mol. The number of nitrogens with zero attached hydrogens (tertiary/aromatic N) is 1. The lowest BCUT2D eigenvalue weighted by Gasteiger charge is -2.61. The Morgan fingerprint density at radius 3 is 2.52 bits per heavy atom. The van der Waals surface area contributed by atoms with Gasteiger partial charge in [0.2, 0.25) is 0 Å². The Balaban J connectivity index is 1.63. The maximum Gasteiger partial charge on any atom is 0.139 e. The lowest BCUT2D eigenvalue weighted by molar-refractivity contribution is -0.167. The third-order valence-electron chi connectivity index (χ3n) is 10.1. The zero-order valence-corrected chi connectivity index (χ0v) is 17.8. The number of unbranched alkanes of at least 4 members (excludes halogenated alkanes) is 1. The van der Waals surface area contributed by atoms with Gasteiger partial charge in [0.1, 0.15) is 5.78 Å². The van der Waals surface area contributed by atoms with Crippen LogP contribution in [-0.4, -0.2) is 5.78 Å². The van der Waals surface area contributed by atoms with Gasteiger partial charge in [0.05, 0.1) is 6.07 Å². The smallest absolute Gasteiger partial charge is 0.139 e. The largest absolute Gasteiger partial charge is 0.299 e. The van der Waals surface area contributed by atoms with Crippen molar-refractivity contribution in [2.24, 2.45) is 46.3 Å². The molecule has 150 valence electrons. The lowest BCUT2D eigenvalue weighted by Crippen LogP contribution is -2.59. The molecule has 0 spiro atoms. The molecule has 0 bridgehead atoms. The minimum absolute atomic E-state index is 0.330. The highest BCUT2D eigenvalue weighted by atomic mass is 16.1. The normalized spacial score (nSPS) is 49.0. The number of fused-ring (bicyclic) bond motifs is 5. The molecule has 0 saturated heterocycles. The summed E-state index contributed by atoms with van der Waals surface area (Å²) >= 11 is 0. The molecular formula is C25H39NO. The van der Waals surface area contributed by atoms with Crippen LogP contribution in [0.25, 0.3) is 0 Å². The molecule has 0 heterocycles. The molecule has 0 aromatic heterocycles. The van der Waals surface area contributed by atoms with Gasteiger partial charge >= 0.3 is 0 Å². The molecule has 4 aliphatic carbocycles. The Morgan fingerprint density at radius 2 is 1.78 bits per heavy atom. The van der Waals surface area contributed by atoms with Crippen LogP contribution in [0.2, 0.25) is 0 Å². The topological polar surface area (TPSA) is 40.9 Å². The molecule has 0 radical (unpaired) electrons. The maximum absolute atomic E-state index is 13.8. The lowest BCUT2D eigenvalue weighted by atomic mass is 9.42. The van der Waals surface area contributed by atoms with Gasteiger partial charge in [0.25, 0.3) is 0 Å². The van der Waals surface area contributed by atoms with Gasteiger partial charge in [-0.15, -0.1) is 0 Å². The monoisotopic (exact) mass is 369 g/mol. The van der Waals surface area contributed by atoms with E-state index in [1.807, 2.05) is 0 Å². The molecule has 4 fully saturated rings. The van der Waals surface area contributed by atoms with E-state index in [9.17, 15) is 4.79 Å². The second-order valence-electron chi connectivity index (χ2n) is 10.9. The van der Waals surface area contributed by atoms with Crippen LogP contribution in [0.1, 0.15) is 97.8 Å². The highest BCUT2D eigenvalue weighted by Crippen LogP contribution is 2.68. The third kappa shape index (κ3) is 2.82. The van der Waals surface area contributed by atoms with E-state index >= 15 is 0 Å². The van der Waals surface area contributed by atoms with Crippen LogP contribution in [0.3, 0.4) is 0 Å². The summed E-state index contributed by atoms with van der Waals surface area (Å²) in [7, 11) is 0. The number of hydrogen-bond donors (Lipinski definition) is 0. The van der Waals surface area contributed by atoms with Crippen LogP contribution in [0, 0.1) is 57.7 Å². The van der Waals surface area contributed by atoms with Crippen molar-refractivity contribution >= 4 is 5.78 Å². The Kier molecular flexibility index (Phi) is 5.19. The SMILES string of the molecule is CCC1C(=O)C2C3CCC(CCCC#N)C3(C)CCC2C2(C)CCCCC12. The summed E-state index contributed by atoms with van der Waals surface area (Å²) in [5.41, 5.74) is 0.764. The van der Waals surface area contributed by atoms with Crippen molar-refractivity contribution in [2.75, 3.05) is 0 Å². The molecule has 27 heavy (non-hydrogen) atoms. The molecule has 2 heteroatoms. The molecule has 0 N–H and O–H groups in total. The summed E-state index contributed by atoms with van der Waals surface area (Å²) < 4.78 is 0. The molecule has 0 aromatic carbocycles. The van der Waals surface area contributed by atoms with Gasteiger partial charge < -0.3 is 0 Å². The van der Waals surface area contributed by atoms with E-state index in [0.717, 1.165) is 18.8 Å². The third-order valence-corrected chi connectivity index (χ3v) is 10.1. The summed E-state index contributed by atoms with van der Waals surface area (Å²) in [4.78, 5) is 13.8. The molecule has 4 aliphatic rings. The second kappa shape index (κ2) is 7.20. The van der Waals surface area contributed by atoms with Gasteiger partial charge in [-0.2, -0.15) is 5.26 Å². The fraction of sp³-hybridized carbons (Fsp3) is 0.920. The van der Waals surface area contributed by atoms with E-state index in [1.54, 1.807) is 0 Å². The summed E-state index contributed by atoms with van der Waals surface area (Å²) in [5, 5.41) is 8.93. The van der Waals surface area contributed by atoms with Crippen molar-refractivity contribution in [1.82, 2.24) is 0 Å². The van der Waals surface area contributed by atoms with Crippen molar-refractivity contribution in [2.45, 2.75) is 97.8 Å². The number of rotatable bonds is 4. The highest BCUT2D eigenvalue weighted by molar-refractivity contribution is 5.86. The van der Waals surface area contributed by atoms with Gasteiger partial charge in [-0.05, 0) is 92.3 Å². The quantitative estimate of drug-likeness (QED) is 0.528. The predicted octanol–water partition coefficient (Wildman–Crippen LogP) is 6.54. The highest BCUT2D eigenvalue weighted by Gasteiger charge is 2.63. The van der Waals surface area contributed by atoms with Crippen molar-refractivity contribution in [1.29, 1.82) is 5.26 Å². The van der Waals surface area contributed by atoms with Crippen LogP contribution in [0.4, 0.5) is 0 Å². The number of carbonyl (C=O) groups excluding carboxylic acids is 1. The first-order chi connectivity index (χ1) is 13.0. The first-order valence-corrected chi connectivity index (χ1v) is 11.9. The molecule has 2 nitrogen and oxygen atoms in total. The fourth-order valence-electron chi connectivity index (χ4n) is 8.72. The van der Waals surface area contributed by atoms with Gasteiger partial charge in [0, 0.05) is 18.3 Å². The zero-order valence-electron chi connectivity index (χ0n) is 17.8. The Hall–Kier alpha value is -0.840. The zero-order chi connectivity index (χ0) is 19.2. The Bertz CT molecular complexity index is 620. The molecule has 4 rings (SSSR count). The average Bonchev–Trinajstić information content (AvgIpc) is 2.99. The van der Waals surface area contributed by atoms with E-state index in [1.165, 1.54) is 57.8 Å². The molecule has 0 aliphatic heterocycles. The molecule has 4 saturated carbocycles. The average molecular weight is 370 g/mol. The maximum atomic E-state index is 13.8. The molecule has 0 aromatic rings. The second-order valence-corrected chi connectivity index (χ2v) is 10.9. The summed E-state index contributed by atoms with van der Waals surface area (Å²) in [6, 6.07) is 2.32. The minimum atomic E-state index is 0.330. The molecule has 8 atom stereocenters. The number of carbonyl (C=O) groups is 1. The first-order valence-electron chi connectivity index (χ1n) is 11.9. The number of Topliss-reactive ketones (excluding diaryl/α,β-unsaturated/α-hetero) is 1. The van der Waals surface area contributed by atoms with Crippen LogP contribution >= 0.6 is 0 Å². The number of ketones is 1. The minimum Gasteiger partial charge on any atom is -0.299 e. The summed E-state index contributed by atoms with van der Waals surface area (Å²) in [6.07, 6.45) is 14.5. The van der Waals surface area contributed by atoms with Crippen molar-refractivity contribution in [3.63, 3.8) is 0 Å². The van der Waals surface area contributed by atoms with Crippen molar-refractivity contribution < 1.29 is 4.79 Å². The Labute approximate surface area is 166 Å². The van der Waals surface area contributed by atoms with Crippen LogP contribution < -0.4 is 0 Å². The van der Waals surface area contributed by atoms with E-state index in [0.29, 0.717) is 52.6 Å². The van der Waals surface area contributed by atoms with Crippen LogP contribution in [0.5, 0.6) is 0 Å². The van der Waals surface area contributed by atoms with Crippen LogP contribution in [-0.2, 0) is 4.79 Å². The molecule has 0 amide bonds. The van der Waals surface area contributed by atoms with Crippen molar-refractivity contribution in [3.05, 3.63) is 0 Å². The van der Waals surface area contributed by atoms with Gasteiger partial charge in [-0.25, -0.2) is 0 Å². The van der Waals surface area contributed by atoms with E-state index in [2.05, 4.69) is 26.8 Å². The van der Waals surface area contributed by atoms with E-state index < -0.39 is 0 Å². The van der Waals surface area contributed by atoms with E-state index in [-0.39, 0.29) is 0 Å². The van der Waals surface area contributed by atoms with Gasteiger partial charge in [-0.1, -0.05) is 33.6 Å². The van der Waals surface area contributed by atoms with Crippen molar-refractivity contribution in [3.8, 4) is 6.07 Å². The number of hydrogen-bond acceptors (Lipinski definition) is 2. The standard InChI is InChI=1S/C25H39NO/c1-4-18-19-10-5-7-14-25(19,3)21-13-15-24(2)17(9-6-8-16-26)11-12-20(24)22(21)23(18)27/h17-22H,4-15H2,1-3H3. The fourth-order valence-corrected chi connectivity index (χ4v) is 8.72. The van der Waals surface area contributed by atoms with Gasteiger partial charge in [0.15, 0.2) is 0 Å². The summed E-state index contributed by atoms with van der Waals surface area (Å²) in [5.74, 6) is 3.99. The number of nitriles is 1. The Morgan fingerprint density at radius 1 is 1.00 bits per heavy atom. The molecule has 8 unspecified atom stereocenters. The van der Waals surface area contributed by atoms with Crippen LogP contribution in [0.15, 0.2) is 0 Å². The summed E-state index contributed by atoms with van der Waals surface area (Å²) in [6.45, 7) is 7.35. The molecular weight excluding hydrogens is 330 g/mol. The van der Waals surface area contributed by atoms with E-state index in [4.69, 9.17) is 5.26 Å². The first kappa shape index (κ1) is 19.5.